The van der Waals surface area contributed by atoms with E-state index in [-0.39, 0.29) is 24.6 Å². The predicted octanol–water partition coefficient (Wildman–Crippen LogP) is 0.922. The van der Waals surface area contributed by atoms with E-state index in [2.05, 4.69) is 0 Å². The van der Waals surface area contributed by atoms with Gasteiger partial charge in [-0.05, 0) is 20.8 Å². The highest BCUT2D eigenvalue weighted by Crippen LogP contribution is 2.23. The zero-order chi connectivity index (χ0) is 10.7. The molecule has 1 heterocycles. The highest BCUT2D eigenvalue weighted by Gasteiger charge is 2.36. The van der Waals surface area contributed by atoms with Crippen molar-refractivity contribution < 1.29 is 19.3 Å². The van der Waals surface area contributed by atoms with Crippen LogP contribution in [0.3, 0.4) is 0 Å². The Morgan fingerprint density at radius 2 is 2.07 bits per heavy atom. The second kappa shape index (κ2) is 5.07. The smallest absolute Gasteiger partial charge is 0.160 e. The third kappa shape index (κ3) is 2.92. The second-order valence-corrected chi connectivity index (χ2v) is 3.96. The zero-order valence-corrected chi connectivity index (χ0v) is 9.27. The molecule has 0 saturated carbocycles. The summed E-state index contributed by atoms with van der Waals surface area (Å²) in [5.41, 5.74) is 0. The van der Waals surface area contributed by atoms with E-state index in [4.69, 9.17) is 14.2 Å². The number of hydrogen-bond acceptors (Lipinski definition) is 4. The quantitative estimate of drug-likeness (QED) is 0.742. The molecule has 1 rings (SSSR count). The van der Waals surface area contributed by atoms with Gasteiger partial charge in [0.15, 0.2) is 6.29 Å². The lowest BCUT2D eigenvalue weighted by Crippen LogP contribution is -2.48. The molecular formula is C10H20O4. The van der Waals surface area contributed by atoms with Crippen LogP contribution in [0.2, 0.25) is 0 Å². The van der Waals surface area contributed by atoms with E-state index in [1.807, 2.05) is 20.8 Å². The van der Waals surface area contributed by atoms with E-state index in [0.29, 0.717) is 6.42 Å². The summed E-state index contributed by atoms with van der Waals surface area (Å²) in [7, 11) is 1.60. The first-order valence-corrected chi connectivity index (χ1v) is 5.06. The Labute approximate surface area is 85.2 Å². The molecule has 0 bridgehead atoms. The Balaban J connectivity index is 2.49. The Morgan fingerprint density at radius 1 is 1.43 bits per heavy atom. The third-order valence-corrected chi connectivity index (χ3v) is 2.38. The van der Waals surface area contributed by atoms with Crippen LogP contribution in [0, 0.1) is 0 Å². The molecule has 14 heavy (non-hydrogen) atoms. The molecule has 0 amide bonds. The van der Waals surface area contributed by atoms with Crippen LogP contribution in [0.5, 0.6) is 0 Å². The normalized spacial score (nSPS) is 39.0. The topological polar surface area (TPSA) is 47.9 Å². The average molecular weight is 204 g/mol. The summed E-state index contributed by atoms with van der Waals surface area (Å²) in [5.74, 6) is 0. The highest BCUT2D eigenvalue weighted by atomic mass is 16.7. The molecule has 84 valence electrons. The molecule has 4 heteroatoms. The maximum atomic E-state index is 9.68. The SMILES string of the molecule is CO[C@@H]1C[C@H](OC(C)C)O[C@@H](C)[C@@H]1O. The van der Waals surface area contributed by atoms with Gasteiger partial charge in [-0.3, -0.25) is 0 Å². The first-order valence-electron chi connectivity index (χ1n) is 5.06. The molecule has 0 aliphatic carbocycles. The molecule has 4 nitrogen and oxygen atoms in total. The molecule has 0 radical (unpaired) electrons. The minimum atomic E-state index is -0.563. The fourth-order valence-electron chi connectivity index (χ4n) is 1.63. The standard InChI is InChI=1S/C10H20O4/c1-6(2)13-9-5-8(12-4)10(11)7(3)14-9/h6-11H,5H2,1-4H3/t7-,8+,9+,10-/m0/s1. The number of aliphatic hydroxyl groups is 1. The van der Waals surface area contributed by atoms with Gasteiger partial charge in [0.2, 0.25) is 0 Å². The molecular weight excluding hydrogens is 184 g/mol. The largest absolute Gasteiger partial charge is 0.388 e. The highest BCUT2D eigenvalue weighted by molar-refractivity contribution is 4.81. The summed E-state index contributed by atoms with van der Waals surface area (Å²) >= 11 is 0. The lowest BCUT2D eigenvalue weighted by Gasteiger charge is -2.37. The maximum Gasteiger partial charge on any atom is 0.160 e. The molecule has 0 aromatic carbocycles. The number of hydrogen-bond donors (Lipinski definition) is 1. The van der Waals surface area contributed by atoms with Crippen LogP contribution in [0.15, 0.2) is 0 Å². The van der Waals surface area contributed by atoms with Crippen molar-refractivity contribution in [2.75, 3.05) is 7.11 Å². The summed E-state index contributed by atoms with van der Waals surface area (Å²) in [6, 6.07) is 0. The van der Waals surface area contributed by atoms with Crippen LogP contribution in [0.25, 0.3) is 0 Å². The molecule has 0 unspecified atom stereocenters. The lowest BCUT2D eigenvalue weighted by atomic mass is 10.0. The van der Waals surface area contributed by atoms with Gasteiger partial charge in [-0.2, -0.15) is 0 Å². The average Bonchev–Trinajstić information content (AvgIpc) is 2.10. The summed E-state index contributed by atoms with van der Waals surface area (Å²) in [6.07, 6.45) is -0.550. The molecule has 1 aliphatic heterocycles. The van der Waals surface area contributed by atoms with Crippen molar-refractivity contribution in [2.45, 2.75) is 57.9 Å². The second-order valence-electron chi connectivity index (χ2n) is 3.96. The predicted molar refractivity (Wildman–Crippen MR) is 52.0 cm³/mol. The van der Waals surface area contributed by atoms with Gasteiger partial charge in [0.25, 0.3) is 0 Å². The van der Waals surface area contributed by atoms with Crippen molar-refractivity contribution in [3.05, 3.63) is 0 Å². The van der Waals surface area contributed by atoms with Gasteiger partial charge < -0.3 is 19.3 Å². The van der Waals surface area contributed by atoms with E-state index in [1.54, 1.807) is 7.11 Å². The number of aliphatic hydroxyl groups excluding tert-OH is 1. The van der Waals surface area contributed by atoms with Gasteiger partial charge in [-0.1, -0.05) is 0 Å². The molecule has 0 aromatic rings. The first-order chi connectivity index (χ1) is 6.54. The number of ether oxygens (including phenoxy) is 3. The van der Waals surface area contributed by atoms with Gasteiger partial charge in [0.05, 0.1) is 18.3 Å². The number of methoxy groups -OCH3 is 1. The van der Waals surface area contributed by atoms with E-state index in [9.17, 15) is 5.11 Å². The van der Waals surface area contributed by atoms with Crippen molar-refractivity contribution in [1.82, 2.24) is 0 Å². The molecule has 1 fully saturated rings. The lowest BCUT2D eigenvalue weighted by molar-refractivity contribution is -0.259. The molecule has 1 N–H and O–H groups in total. The van der Waals surface area contributed by atoms with Crippen molar-refractivity contribution >= 4 is 0 Å². The van der Waals surface area contributed by atoms with E-state index >= 15 is 0 Å². The van der Waals surface area contributed by atoms with Gasteiger partial charge in [0.1, 0.15) is 6.10 Å². The van der Waals surface area contributed by atoms with Gasteiger partial charge >= 0.3 is 0 Å². The third-order valence-electron chi connectivity index (χ3n) is 2.38. The van der Waals surface area contributed by atoms with Crippen molar-refractivity contribution in [2.24, 2.45) is 0 Å². The van der Waals surface area contributed by atoms with E-state index in [1.165, 1.54) is 0 Å². The van der Waals surface area contributed by atoms with Crippen LogP contribution in [0.1, 0.15) is 27.2 Å². The minimum absolute atomic E-state index is 0.125. The Morgan fingerprint density at radius 3 is 2.57 bits per heavy atom. The van der Waals surface area contributed by atoms with Crippen molar-refractivity contribution in [3.8, 4) is 0 Å². The molecule has 0 spiro atoms. The van der Waals surface area contributed by atoms with Crippen molar-refractivity contribution in [3.63, 3.8) is 0 Å². The number of rotatable bonds is 3. The summed E-state index contributed by atoms with van der Waals surface area (Å²) in [6.45, 7) is 5.74. The molecule has 0 aromatic heterocycles. The zero-order valence-electron chi connectivity index (χ0n) is 9.27. The monoisotopic (exact) mass is 204 g/mol. The molecule has 1 aliphatic rings. The van der Waals surface area contributed by atoms with Crippen LogP contribution < -0.4 is 0 Å². The summed E-state index contributed by atoms with van der Waals surface area (Å²) in [5, 5.41) is 9.68. The van der Waals surface area contributed by atoms with Gasteiger partial charge in [-0.15, -0.1) is 0 Å². The fraction of sp³-hybridized carbons (Fsp3) is 1.00. The Kier molecular flexibility index (Phi) is 4.31. The van der Waals surface area contributed by atoms with Gasteiger partial charge in [-0.25, -0.2) is 0 Å². The summed E-state index contributed by atoms with van der Waals surface area (Å²) < 4.78 is 16.2. The minimum Gasteiger partial charge on any atom is -0.388 e. The van der Waals surface area contributed by atoms with Gasteiger partial charge in [0, 0.05) is 13.5 Å². The van der Waals surface area contributed by atoms with Crippen LogP contribution in [-0.2, 0) is 14.2 Å². The van der Waals surface area contributed by atoms with E-state index < -0.39 is 6.10 Å². The van der Waals surface area contributed by atoms with Crippen LogP contribution >= 0.6 is 0 Å². The summed E-state index contributed by atoms with van der Waals surface area (Å²) in [4.78, 5) is 0. The molecule has 4 atom stereocenters. The fourth-order valence-corrected chi connectivity index (χ4v) is 1.63. The maximum absolute atomic E-state index is 9.68. The van der Waals surface area contributed by atoms with Crippen LogP contribution in [-0.4, -0.2) is 42.9 Å². The van der Waals surface area contributed by atoms with Crippen molar-refractivity contribution in [1.29, 1.82) is 0 Å². The van der Waals surface area contributed by atoms with Crippen LogP contribution in [0.4, 0.5) is 0 Å². The van der Waals surface area contributed by atoms with E-state index in [0.717, 1.165) is 0 Å². The Bertz CT molecular complexity index is 172. The first kappa shape index (κ1) is 11.9. The molecule has 1 saturated heterocycles. The Hall–Kier alpha value is -0.160.